The first-order chi connectivity index (χ1) is 9.43. The second kappa shape index (κ2) is 7.81. The maximum Gasteiger partial charge on any atom is 0.288 e. The van der Waals surface area contributed by atoms with E-state index in [1.165, 1.54) is 18.2 Å². The second-order valence-corrected chi connectivity index (χ2v) is 5.10. The van der Waals surface area contributed by atoms with E-state index in [0.29, 0.717) is 24.6 Å². The summed E-state index contributed by atoms with van der Waals surface area (Å²) in [6.07, 6.45) is 2.02. The molecule has 0 heterocycles. The SMILES string of the molecule is CC(CCN)CCC(=O)Nc1ccc([N+](=O)[O-])c(Cl)c1. The summed E-state index contributed by atoms with van der Waals surface area (Å²) < 4.78 is 0. The number of rotatable bonds is 7. The number of anilines is 1. The van der Waals surface area contributed by atoms with Crippen LogP contribution in [-0.2, 0) is 4.79 Å². The molecule has 6 nitrogen and oxygen atoms in total. The normalized spacial score (nSPS) is 11.9. The lowest BCUT2D eigenvalue weighted by molar-refractivity contribution is -0.384. The Morgan fingerprint density at radius 1 is 1.50 bits per heavy atom. The highest BCUT2D eigenvalue weighted by molar-refractivity contribution is 6.33. The number of nitro groups is 1. The first kappa shape index (κ1) is 16.4. The van der Waals surface area contributed by atoms with Crippen LogP contribution < -0.4 is 11.1 Å². The molecule has 7 heteroatoms. The fourth-order valence-corrected chi connectivity index (χ4v) is 2.01. The van der Waals surface area contributed by atoms with Gasteiger partial charge in [0, 0.05) is 18.2 Å². The Labute approximate surface area is 122 Å². The second-order valence-electron chi connectivity index (χ2n) is 4.69. The minimum atomic E-state index is -0.567. The Kier molecular flexibility index (Phi) is 6.41. The van der Waals surface area contributed by atoms with Crippen molar-refractivity contribution in [1.82, 2.24) is 0 Å². The van der Waals surface area contributed by atoms with E-state index >= 15 is 0 Å². The van der Waals surface area contributed by atoms with Crippen molar-refractivity contribution in [2.24, 2.45) is 11.7 Å². The largest absolute Gasteiger partial charge is 0.330 e. The van der Waals surface area contributed by atoms with Gasteiger partial charge in [0.2, 0.25) is 5.91 Å². The van der Waals surface area contributed by atoms with E-state index in [1.54, 1.807) is 0 Å². The van der Waals surface area contributed by atoms with Crippen molar-refractivity contribution in [3.63, 3.8) is 0 Å². The Morgan fingerprint density at radius 3 is 2.75 bits per heavy atom. The topological polar surface area (TPSA) is 98.3 Å². The van der Waals surface area contributed by atoms with E-state index in [9.17, 15) is 14.9 Å². The molecule has 20 heavy (non-hydrogen) atoms. The third-order valence-electron chi connectivity index (χ3n) is 2.95. The van der Waals surface area contributed by atoms with Crippen molar-refractivity contribution in [3.05, 3.63) is 33.3 Å². The van der Waals surface area contributed by atoms with Gasteiger partial charge in [0.1, 0.15) is 5.02 Å². The predicted molar refractivity (Wildman–Crippen MR) is 78.8 cm³/mol. The average molecular weight is 300 g/mol. The van der Waals surface area contributed by atoms with E-state index in [0.717, 1.165) is 12.8 Å². The minimum Gasteiger partial charge on any atom is -0.330 e. The molecule has 0 spiro atoms. The van der Waals surface area contributed by atoms with Gasteiger partial charge >= 0.3 is 0 Å². The Morgan fingerprint density at radius 2 is 2.20 bits per heavy atom. The van der Waals surface area contributed by atoms with Crippen molar-refractivity contribution in [2.45, 2.75) is 26.2 Å². The van der Waals surface area contributed by atoms with Crippen LogP contribution in [0.1, 0.15) is 26.2 Å². The number of benzene rings is 1. The van der Waals surface area contributed by atoms with Crippen LogP contribution in [0.25, 0.3) is 0 Å². The molecular weight excluding hydrogens is 282 g/mol. The molecule has 1 amide bonds. The first-order valence-electron chi connectivity index (χ1n) is 6.38. The van der Waals surface area contributed by atoms with Crippen molar-refractivity contribution < 1.29 is 9.72 Å². The predicted octanol–water partition coefficient (Wildman–Crippen LogP) is 2.95. The van der Waals surface area contributed by atoms with Gasteiger partial charge in [-0.2, -0.15) is 0 Å². The number of carbonyl (C=O) groups is 1. The van der Waals surface area contributed by atoms with E-state index in [-0.39, 0.29) is 16.6 Å². The summed E-state index contributed by atoms with van der Waals surface area (Å²) in [7, 11) is 0. The molecule has 1 atom stereocenters. The maximum absolute atomic E-state index is 11.7. The van der Waals surface area contributed by atoms with Gasteiger partial charge in [0.05, 0.1) is 4.92 Å². The number of nitrogens with two attached hydrogens (primary N) is 1. The van der Waals surface area contributed by atoms with Gasteiger partial charge in [0.25, 0.3) is 5.69 Å². The highest BCUT2D eigenvalue weighted by Crippen LogP contribution is 2.27. The summed E-state index contributed by atoms with van der Waals surface area (Å²) in [5, 5.41) is 13.3. The summed E-state index contributed by atoms with van der Waals surface area (Å²) in [5.41, 5.74) is 5.72. The van der Waals surface area contributed by atoms with Crippen LogP contribution in [0.4, 0.5) is 11.4 Å². The Balaban J connectivity index is 2.54. The van der Waals surface area contributed by atoms with Crippen LogP contribution in [0.5, 0.6) is 0 Å². The Bertz CT molecular complexity index is 494. The quantitative estimate of drug-likeness (QED) is 0.597. The number of nitrogens with zero attached hydrogens (tertiary/aromatic N) is 1. The molecule has 0 aliphatic heterocycles. The molecule has 0 saturated heterocycles. The van der Waals surface area contributed by atoms with Crippen LogP contribution in [0.2, 0.25) is 5.02 Å². The molecule has 0 aromatic heterocycles. The third-order valence-corrected chi connectivity index (χ3v) is 3.25. The van der Waals surface area contributed by atoms with Crippen LogP contribution in [0.15, 0.2) is 18.2 Å². The molecule has 110 valence electrons. The zero-order valence-electron chi connectivity index (χ0n) is 11.3. The van der Waals surface area contributed by atoms with Crippen LogP contribution in [0.3, 0.4) is 0 Å². The molecule has 1 aromatic carbocycles. The van der Waals surface area contributed by atoms with Crippen LogP contribution >= 0.6 is 11.6 Å². The molecule has 0 aliphatic carbocycles. The average Bonchev–Trinajstić information content (AvgIpc) is 2.36. The Hall–Kier alpha value is -1.66. The molecular formula is C13H18ClN3O3. The number of amides is 1. The van der Waals surface area contributed by atoms with E-state index in [2.05, 4.69) is 5.32 Å². The molecule has 1 rings (SSSR count). The number of hydrogen-bond donors (Lipinski definition) is 2. The fourth-order valence-electron chi connectivity index (χ4n) is 1.76. The van der Waals surface area contributed by atoms with Gasteiger partial charge in [-0.3, -0.25) is 14.9 Å². The van der Waals surface area contributed by atoms with Crippen molar-refractivity contribution >= 4 is 28.9 Å². The molecule has 0 fully saturated rings. The smallest absolute Gasteiger partial charge is 0.288 e. The van der Waals surface area contributed by atoms with Gasteiger partial charge in [-0.05, 0) is 37.4 Å². The zero-order valence-corrected chi connectivity index (χ0v) is 12.0. The molecule has 0 aliphatic rings. The fraction of sp³-hybridized carbons (Fsp3) is 0.462. The number of hydrogen-bond acceptors (Lipinski definition) is 4. The summed E-state index contributed by atoms with van der Waals surface area (Å²) in [5.74, 6) is 0.255. The lowest BCUT2D eigenvalue weighted by Gasteiger charge is -2.10. The molecule has 0 saturated carbocycles. The highest BCUT2D eigenvalue weighted by Gasteiger charge is 2.13. The lowest BCUT2D eigenvalue weighted by Crippen LogP contribution is -2.14. The van der Waals surface area contributed by atoms with Gasteiger partial charge < -0.3 is 11.1 Å². The van der Waals surface area contributed by atoms with Gasteiger partial charge in [0.15, 0.2) is 0 Å². The van der Waals surface area contributed by atoms with E-state index < -0.39 is 4.92 Å². The van der Waals surface area contributed by atoms with Crippen molar-refractivity contribution in [3.8, 4) is 0 Å². The molecule has 0 bridgehead atoms. The summed E-state index contributed by atoms with van der Waals surface area (Å²) in [4.78, 5) is 21.8. The van der Waals surface area contributed by atoms with Gasteiger partial charge in [-0.1, -0.05) is 18.5 Å². The minimum absolute atomic E-state index is 0.00398. The maximum atomic E-state index is 11.7. The standard InChI is InChI=1S/C13H18ClN3O3/c1-9(6-7-15)2-5-13(18)16-10-3-4-12(17(19)20)11(14)8-10/h3-4,8-9H,2,5-7,15H2,1H3,(H,16,18). The number of nitrogens with one attached hydrogen (secondary N) is 1. The van der Waals surface area contributed by atoms with Crippen LogP contribution in [-0.4, -0.2) is 17.4 Å². The van der Waals surface area contributed by atoms with Crippen molar-refractivity contribution in [2.75, 3.05) is 11.9 Å². The van der Waals surface area contributed by atoms with Crippen LogP contribution in [0, 0.1) is 16.0 Å². The molecule has 0 radical (unpaired) electrons. The van der Waals surface area contributed by atoms with Gasteiger partial charge in [-0.25, -0.2) is 0 Å². The van der Waals surface area contributed by atoms with Crippen molar-refractivity contribution in [1.29, 1.82) is 0 Å². The van der Waals surface area contributed by atoms with E-state index in [1.807, 2.05) is 6.92 Å². The molecule has 1 aromatic rings. The third kappa shape index (κ3) is 5.14. The lowest BCUT2D eigenvalue weighted by atomic mass is 10.0. The summed E-state index contributed by atoms with van der Waals surface area (Å²) in [6.45, 7) is 2.66. The monoisotopic (exact) mass is 299 g/mol. The first-order valence-corrected chi connectivity index (χ1v) is 6.75. The van der Waals surface area contributed by atoms with Gasteiger partial charge in [-0.15, -0.1) is 0 Å². The highest BCUT2D eigenvalue weighted by atomic mass is 35.5. The molecule has 1 unspecified atom stereocenters. The van der Waals surface area contributed by atoms with E-state index in [4.69, 9.17) is 17.3 Å². The number of carbonyl (C=O) groups excluding carboxylic acids is 1. The summed E-state index contributed by atoms with van der Waals surface area (Å²) in [6, 6.07) is 4.11. The zero-order chi connectivity index (χ0) is 15.1. The molecule has 3 N–H and O–H groups in total. The number of nitro benzene ring substituents is 1. The summed E-state index contributed by atoms with van der Waals surface area (Å²) >= 11 is 5.77. The number of halogens is 1.